The molecule has 1 heterocycles. The third-order valence-corrected chi connectivity index (χ3v) is 4.82. The highest BCUT2D eigenvalue weighted by molar-refractivity contribution is 5.99. The Balaban J connectivity index is 2.26. The van der Waals surface area contributed by atoms with Crippen molar-refractivity contribution in [1.29, 1.82) is 0 Å². The van der Waals surface area contributed by atoms with Gasteiger partial charge in [0.15, 0.2) is 5.78 Å². The summed E-state index contributed by atoms with van der Waals surface area (Å²) in [6.07, 6.45) is 1.96. The maximum absolute atomic E-state index is 13.1. The number of rotatable bonds is 6. The first kappa shape index (κ1) is 24.1. The molecular weight excluding hydrogens is 409 g/mol. The molecule has 1 aromatic carbocycles. The molecule has 1 saturated heterocycles. The molecule has 0 spiro atoms. The lowest BCUT2D eigenvalue weighted by atomic mass is 9.98. The first-order valence-corrected chi connectivity index (χ1v) is 9.89. The quantitative estimate of drug-likeness (QED) is 0.550. The maximum Gasteiger partial charge on any atom is 0.471 e. The first-order valence-electron chi connectivity index (χ1n) is 9.89. The van der Waals surface area contributed by atoms with E-state index in [1.807, 2.05) is 37.4 Å². The number of piperidine rings is 1. The molecule has 1 aromatic rings. The van der Waals surface area contributed by atoms with Gasteiger partial charge in [0.25, 0.3) is 0 Å². The van der Waals surface area contributed by atoms with Crippen LogP contribution in [0.2, 0.25) is 0 Å². The van der Waals surface area contributed by atoms with Gasteiger partial charge in [0.2, 0.25) is 5.91 Å². The number of ketones is 1. The van der Waals surface area contributed by atoms with Crippen LogP contribution in [0.1, 0.15) is 25.8 Å². The van der Waals surface area contributed by atoms with Gasteiger partial charge in [-0.2, -0.15) is 13.2 Å². The lowest BCUT2D eigenvalue weighted by Crippen LogP contribution is -2.54. The minimum atomic E-state index is -5.11. The van der Waals surface area contributed by atoms with Crippen molar-refractivity contribution >= 4 is 17.6 Å². The predicted octanol–water partition coefficient (Wildman–Crippen LogP) is 3.53. The Morgan fingerprint density at radius 1 is 1.19 bits per heavy atom. The number of carbonyl (C=O) groups is 3. The van der Waals surface area contributed by atoms with Gasteiger partial charge in [-0.05, 0) is 31.1 Å². The molecule has 0 aliphatic carbocycles. The van der Waals surface area contributed by atoms with E-state index in [0.717, 1.165) is 5.57 Å². The third kappa shape index (κ3) is 6.94. The Kier molecular flexibility index (Phi) is 8.36. The topological polar surface area (TPSA) is 66.5 Å². The number of halogens is 3. The zero-order chi connectivity index (χ0) is 23.0. The summed E-state index contributed by atoms with van der Waals surface area (Å²) in [7, 11) is 0. The number of allylic oxidation sites excluding steroid dienone is 5. The highest BCUT2D eigenvalue weighted by Gasteiger charge is 2.41. The lowest BCUT2D eigenvalue weighted by molar-refractivity contribution is -0.175. The molecule has 1 N–H and O–H groups in total. The standard InChI is InChI=1S/C23H25F3N2O3/c1-3-8-16(4-2)13-18-15-28(12-11-20(18)29)21(30)19(27-22(31)23(24,25)26)14-17-9-6-5-7-10-17/h3-10,13,19H,11-12,14-15H2,1-2H3,(H,27,31)/b8-3-,16-4+,18-13+/t19-/m0/s1. The molecule has 0 bridgehead atoms. The Morgan fingerprint density at radius 3 is 2.45 bits per heavy atom. The van der Waals surface area contributed by atoms with Crippen LogP contribution in [-0.4, -0.2) is 47.8 Å². The molecule has 1 atom stereocenters. The highest BCUT2D eigenvalue weighted by Crippen LogP contribution is 2.19. The van der Waals surface area contributed by atoms with Crippen LogP contribution in [0.4, 0.5) is 13.2 Å². The summed E-state index contributed by atoms with van der Waals surface area (Å²) < 4.78 is 38.5. The van der Waals surface area contributed by atoms with Gasteiger partial charge in [-0.3, -0.25) is 14.4 Å². The second-order valence-corrected chi connectivity index (χ2v) is 7.10. The number of hydrogen-bond acceptors (Lipinski definition) is 3. The van der Waals surface area contributed by atoms with Gasteiger partial charge in [0.05, 0.1) is 0 Å². The molecule has 5 nitrogen and oxygen atoms in total. The third-order valence-electron chi connectivity index (χ3n) is 4.82. The number of likely N-dealkylation sites (tertiary alicyclic amines) is 1. The van der Waals surface area contributed by atoms with Crippen LogP contribution < -0.4 is 5.32 Å². The van der Waals surface area contributed by atoms with Crippen molar-refractivity contribution in [3.8, 4) is 0 Å². The van der Waals surface area contributed by atoms with Crippen LogP contribution in [0.15, 0.2) is 65.8 Å². The van der Waals surface area contributed by atoms with Crippen molar-refractivity contribution in [1.82, 2.24) is 10.2 Å². The minimum absolute atomic E-state index is 0.0280. The summed E-state index contributed by atoms with van der Waals surface area (Å²) in [5.74, 6) is -2.95. The molecule has 1 fully saturated rings. The van der Waals surface area contributed by atoms with E-state index in [0.29, 0.717) is 11.1 Å². The van der Waals surface area contributed by atoms with E-state index in [1.165, 1.54) is 4.90 Å². The van der Waals surface area contributed by atoms with E-state index < -0.39 is 24.0 Å². The average molecular weight is 434 g/mol. The number of carbonyl (C=O) groups excluding carboxylic acids is 3. The zero-order valence-corrected chi connectivity index (χ0v) is 17.4. The molecule has 31 heavy (non-hydrogen) atoms. The van der Waals surface area contributed by atoms with Gasteiger partial charge in [-0.1, -0.05) is 48.6 Å². The van der Waals surface area contributed by atoms with Gasteiger partial charge in [0.1, 0.15) is 6.04 Å². The van der Waals surface area contributed by atoms with E-state index in [1.54, 1.807) is 36.4 Å². The smallest absolute Gasteiger partial charge is 0.336 e. The minimum Gasteiger partial charge on any atom is -0.336 e. The molecule has 8 heteroatoms. The molecule has 2 amide bonds. The summed E-state index contributed by atoms with van der Waals surface area (Å²) >= 11 is 0. The van der Waals surface area contributed by atoms with Gasteiger partial charge in [0, 0.05) is 31.5 Å². The van der Waals surface area contributed by atoms with Crippen LogP contribution in [0, 0.1) is 0 Å². The molecule has 0 unspecified atom stereocenters. The van der Waals surface area contributed by atoms with E-state index in [-0.39, 0.29) is 31.7 Å². The molecule has 2 rings (SSSR count). The van der Waals surface area contributed by atoms with Crippen LogP contribution in [0.5, 0.6) is 0 Å². The second-order valence-electron chi connectivity index (χ2n) is 7.10. The Bertz CT molecular complexity index is 902. The van der Waals surface area contributed by atoms with Crippen molar-refractivity contribution in [2.24, 2.45) is 0 Å². The van der Waals surface area contributed by atoms with Crippen molar-refractivity contribution in [3.63, 3.8) is 0 Å². The van der Waals surface area contributed by atoms with Crippen LogP contribution in [0.25, 0.3) is 0 Å². The normalized spacial score (nSPS) is 17.8. The van der Waals surface area contributed by atoms with E-state index in [2.05, 4.69) is 0 Å². The summed E-state index contributed by atoms with van der Waals surface area (Å²) in [4.78, 5) is 38.2. The van der Waals surface area contributed by atoms with Gasteiger partial charge < -0.3 is 10.2 Å². The number of amides is 2. The number of Topliss-reactive ketones (excluding diaryl/α,β-unsaturated/α-hetero) is 1. The molecule has 1 aliphatic rings. The molecule has 0 aromatic heterocycles. The van der Waals surface area contributed by atoms with Crippen molar-refractivity contribution < 1.29 is 27.6 Å². The number of nitrogens with zero attached hydrogens (tertiary/aromatic N) is 1. The number of nitrogens with one attached hydrogen (secondary N) is 1. The number of benzene rings is 1. The highest BCUT2D eigenvalue weighted by atomic mass is 19.4. The predicted molar refractivity (Wildman–Crippen MR) is 111 cm³/mol. The summed E-state index contributed by atoms with van der Waals surface area (Å²) in [6.45, 7) is 3.69. The van der Waals surface area contributed by atoms with Crippen molar-refractivity contribution in [2.75, 3.05) is 13.1 Å². The summed E-state index contributed by atoms with van der Waals surface area (Å²) in [6, 6.07) is 7.07. The second kappa shape index (κ2) is 10.7. The first-order chi connectivity index (χ1) is 14.7. The zero-order valence-electron chi connectivity index (χ0n) is 17.4. The van der Waals surface area contributed by atoms with Crippen molar-refractivity contribution in [3.05, 3.63) is 71.3 Å². The SMILES string of the molecule is C\C=C/C(=C\C)/C=C1\CN(C(=O)[C@H](Cc2ccccc2)NC(=O)C(F)(F)F)CCC1=O. The largest absolute Gasteiger partial charge is 0.471 e. The van der Waals surface area contributed by atoms with Gasteiger partial charge >= 0.3 is 12.1 Å². The van der Waals surface area contributed by atoms with E-state index in [4.69, 9.17) is 0 Å². The Morgan fingerprint density at radius 2 is 1.87 bits per heavy atom. The number of hydrogen-bond donors (Lipinski definition) is 1. The fourth-order valence-corrected chi connectivity index (χ4v) is 3.22. The van der Waals surface area contributed by atoms with Gasteiger partial charge in [-0.25, -0.2) is 0 Å². The molecule has 1 aliphatic heterocycles. The fraction of sp³-hybridized carbons (Fsp3) is 0.348. The van der Waals surface area contributed by atoms with Crippen molar-refractivity contribution in [2.45, 2.75) is 38.9 Å². The van der Waals surface area contributed by atoms with E-state index in [9.17, 15) is 27.6 Å². The Hall–Kier alpha value is -3.16. The van der Waals surface area contributed by atoms with Crippen LogP contribution >= 0.6 is 0 Å². The lowest BCUT2D eigenvalue weighted by Gasteiger charge is -2.32. The number of alkyl halides is 3. The van der Waals surface area contributed by atoms with Crippen LogP contribution in [-0.2, 0) is 20.8 Å². The fourth-order valence-electron chi connectivity index (χ4n) is 3.22. The average Bonchev–Trinajstić information content (AvgIpc) is 2.73. The maximum atomic E-state index is 13.1. The molecule has 0 radical (unpaired) electrons. The summed E-state index contributed by atoms with van der Waals surface area (Å²) in [5.41, 5.74) is 1.79. The molecule has 166 valence electrons. The molecule has 0 saturated carbocycles. The Labute approximate surface area is 179 Å². The van der Waals surface area contributed by atoms with E-state index >= 15 is 0 Å². The van der Waals surface area contributed by atoms with Crippen LogP contribution in [0.3, 0.4) is 0 Å². The molecular formula is C23H25F3N2O3. The summed E-state index contributed by atoms with van der Waals surface area (Å²) in [5, 5.41) is 1.82. The van der Waals surface area contributed by atoms with Gasteiger partial charge in [-0.15, -0.1) is 0 Å². The monoisotopic (exact) mass is 434 g/mol.